The van der Waals surface area contributed by atoms with Crippen LogP contribution in [0.3, 0.4) is 0 Å². The normalized spacial score (nSPS) is 22.6. The maximum Gasteiger partial charge on any atom is 0.226 e. The molecule has 2 unspecified atom stereocenters. The van der Waals surface area contributed by atoms with Crippen molar-refractivity contribution in [2.24, 2.45) is 11.7 Å². The lowest BCUT2D eigenvalue weighted by Crippen LogP contribution is -2.45. The Morgan fingerprint density at radius 2 is 2.11 bits per heavy atom. The largest absolute Gasteiger partial charge is 0.338 e. The summed E-state index contributed by atoms with van der Waals surface area (Å²) in [6.07, 6.45) is 2.45. The topological polar surface area (TPSA) is 80.5 Å². The number of carbonyl (C=O) groups is 1. The molecular formula is C12H25ClN2O3S. The highest BCUT2D eigenvalue weighted by Gasteiger charge is 2.35. The number of sulfone groups is 1. The number of nitrogens with two attached hydrogens (primary N) is 1. The molecule has 0 aromatic heterocycles. The molecule has 0 spiro atoms. The van der Waals surface area contributed by atoms with Gasteiger partial charge in [0.15, 0.2) is 9.84 Å². The number of hydrogen-bond acceptors (Lipinski definition) is 4. The van der Waals surface area contributed by atoms with Crippen LogP contribution in [-0.2, 0) is 14.6 Å². The number of rotatable bonds is 6. The molecule has 5 nitrogen and oxygen atoms in total. The standard InChI is InChI=1S/C12H24N2O3S.ClH/c1-3-4-6-14(12(15)10(2)8-13)11-5-7-18(16,17)9-11;/h10-11H,3-9,13H2,1-2H3;1H. The van der Waals surface area contributed by atoms with E-state index in [0.29, 0.717) is 19.5 Å². The fraction of sp³-hybridized carbons (Fsp3) is 0.917. The first-order valence-electron chi connectivity index (χ1n) is 6.62. The average molecular weight is 313 g/mol. The Labute approximate surface area is 122 Å². The molecule has 0 radical (unpaired) electrons. The lowest BCUT2D eigenvalue weighted by atomic mass is 10.1. The third-order valence-corrected chi connectivity index (χ3v) is 5.21. The highest BCUT2D eigenvalue weighted by Crippen LogP contribution is 2.20. The average Bonchev–Trinajstić information content (AvgIpc) is 2.68. The van der Waals surface area contributed by atoms with Gasteiger partial charge in [0.25, 0.3) is 0 Å². The van der Waals surface area contributed by atoms with Gasteiger partial charge in [0.2, 0.25) is 5.91 Å². The molecule has 1 saturated heterocycles. The van der Waals surface area contributed by atoms with Crippen LogP contribution in [-0.4, -0.2) is 49.9 Å². The molecule has 0 aliphatic carbocycles. The summed E-state index contributed by atoms with van der Waals surface area (Å²) in [4.78, 5) is 14.0. The lowest BCUT2D eigenvalue weighted by Gasteiger charge is -2.30. The molecular weight excluding hydrogens is 288 g/mol. The van der Waals surface area contributed by atoms with Crippen LogP contribution in [0.2, 0.25) is 0 Å². The van der Waals surface area contributed by atoms with Crippen LogP contribution in [0.1, 0.15) is 33.1 Å². The van der Waals surface area contributed by atoms with Crippen molar-refractivity contribution in [1.82, 2.24) is 4.90 Å². The first-order valence-corrected chi connectivity index (χ1v) is 8.44. The fourth-order valence-electron chi connectivity index (χ4n) is 2.21. The Morgan fingerprint density at radius 3 is 2.53 bits per heavy atom. The first-order chi connectivity index (χ1) is 8.41. The van der Waals surface area contributed by atoms with Crippen molar-refractivity contribution in [3.63, 3.8) is 0 Å². The number of hydrogen-bond donors (Lipinski definition) is 1. The van der Waals surface area contributed by atoms with Crippen molar-refractivity contribution < 1.29 is 13.2 Å². The van der Waals surface area contributed by atoms with Crippen molar-refractivity contribution in [2.75, 3.05) is 24.6 Å². The Bertz CT molecular complexity index is 386. The number of nitrogens with zero attached hydrogens (tertiary/aromatic N) is 1. The maximum absolute atomic E-state index is 12.2. The van der Waals surface area contributed by atoms with Gasteiger partial charge in [0.1, 0.15) is 0 Å². The molecule has 114 valence electrons. The zero-order chi connectivity index (χ0) is 13.8. The minimum absolute atomic E-state index is 0. The molecule has 19 heavy (non-hydrogen) atoms. The highest BCUT2D eigenvalue weighted by atomic mass is 35.5. The molecule has 0 aromatic carbocycles. The summed E-state index contributed by atoms with van der Waals surface area (Å²) in [5, 5.41) is 0. The van der Waals surface area contributed by atoms with E-state index in [2.05, 4.69) is 6.92 Å². The van der Waals surface area contributed by atoms with Crippen molar-refractivity contribution in [1.29, 1.82) is 0 Å². The van der Waals surface area contributed by atoms with Crippen LogP contribution in [0.4, 0.5) is 0 Å². The van der Waals surface area contributed by atoms with Gasteiger partial charge in [-0.1, -0.05) is 20.3 Å². The summed E-state index contributed by atoms with van der Waals surface area (Å²) in [7, 11) is -2.96. The third-order valence-electron chi connectivity index (χ3n) is 3.46. The van der Waals surface area contributed by atoms with Gasteiger partial charge in [0.05, 0.1) is 11.5 Å². The summed E-state index contributed by atoms with van der Waals surface area (Å²) in [6, 6.07) is -0.150. The molecule has 1 heterocycles. The number of carbonyl (C=O) groups excluding carboxylic acids is 1. The smallest absolute Gasteiger partial charge is 0.226 e. The molecule has 2 N–H and O–H groups in total. The maximum atomic E-state index is 12.2. The lowest BCUT2D eigenvalue weighted by molar-refractivity contribution is -0.136. The van der Waals surface area contributed by atoms with Gasteiger partial charge in [-0.15, -0.1) is 12.4 Å². The zero-order valence-corrected chi connectivity index (χ0v) is 13.3. The van der Waals surface area contributed by atoms with Gasteiger partial charge in [-0.2, -0.15) is 0 Å². The summed E-state index contributed by atoms with van der Waals surface area (Å²) in [5.74, 6) is 0.0721. The molecule has 0 bridgehead atoms. The minimum Gasteiger partial charge on any atom is -0.338 e. The van der Waals surface area contributed by atoms with Crippen molar-refractivity contribution in [3.8, 4) is 0 Å². The summed E-state index contributed by atoms with van der Waals surface area (Å²) in [5.41, 5.74) is 5.53. The van der Waals surface area contributed by atoms with Gasteiger partial charge in [-0.25, -0.2) is 8.42 Å². The van der Waals surface area contributed by atoms with Gasteiger partial charge in [-0.3, -0.25) is 4.79 Å². The predicted octanol–water partition coefficient (Wildman–Crippen LogP) is 0.819. The van der Waals surface area contributed by atoms with Gasteiger partial charge in [0, 0.05) is 25.0 Å². The molecule has 0 saturated carbocycles. The third kappa shape index (κ3) is 5.28. The van der Waals surface area contributed by atoms with Gasteiger partial charge >= 0.3 is 0 Å². The zero-order valence-electron chi connectivity index (χ0n) is 11.7. The molecule has 7 heteroatoms. The van der Waals surface area contributed by atoms with E-state index in [1.165, 1.54) is 0 Å². The summed E-state index contributed by atoms with van der Waals surface area (Å²) in [6.45, 7) is 4.80. The SMILES string of the molecule is CCCCN(C(=O)C(C)CN)C1CCS(=O)(=O)C1.Cl. The van der Waals surface area contributed by atoms with Crippen LogP contribution in [0.15, 0.2) is 0 Å². The summed E-state index contributed by atoms with van der Waals surface area (Å²) >= 11 is 0. The molecule has 0 aromatic rings. The first kappa shape index (κ1) is 18.7. The van der Waals surface area contributed by atoms with Gasteiger partial charge in [-0.05, 0) is 12.8 Å². The van der Waals surface area contributed by atoms with Crippen LogP contribution in [0, 0.1) is 5.92 Å². The van der Waals surface area contributed by atoms with E-state index in [0.717, 1.165) is 12.8 Å². The van der Waals surface area contributed by atoms with E-state index in [1.54, 1.807) is 11.8 Å². The van der Waals surface area contributed by atoms with Crippen LogP contribution >= 0.6 is 12.4 Å². The molecule has 1 aliphatic heterocycles. The van der Waals surface area contributed by atoms with Crippen LogP contribution in [0.5, 0.6) is 0 Å². The van der Waals surface area contributed by atoms with E-state index in [4.69, 9.17) is 5.73 Å². The Morgan fingerprint density at radius 1 is 1.47 bits per heavy atom. The fourth-order valence-corrected chi connectivity index (χ4v) is 3.94. The second-order valence-electron chi connectivity index (χ2n) is 5.08. The van der Waals surface area contributed by atoms with E-state index in [1.807, 2.05) is 0 Å². The molecule has 1 fully saturated rings. The van der Waals surface area contributed by atoms with Gasteiger partial charge < -0.3 is 10.6 Å². The monoisotopic (exact) mass is 312 g/mol. The Balaban J connectivity index is 0.00000324. The summed E-state index contributed by atoms with van der Waals surface area (Å²) < 4.78 is 23.0. The van der Waals surface area contributed by atoms with Crippen molar-refractivity contribution in [2.45, 2.75) is 39.2 Å². The van der Waals surface area contributed by atoms with E-state index in [-0.39, 0.29) is 41.8 Å². The minimum atomic E-state index is -2.96. The predicted molar refractivity (Wildman–Crippen MR) is 79.1 cm³/mol. The van der Waals surface area contributed by atoms with Crippen molar-refractivity contribution in [3.05, 3.63) is 0 Å². The quantitative estimate of drug-likeness (QED) is 0.787. The number of halogens is 1. The second kappa shape index (κ2) is 8.07. The molecule has 2 atom stereocenters. The Kier molecular flexibility index (Phi) is 7.93. The Hall–Kier alpha value is -0.330. The molecule has 1 aliphatic rings. The van der Waals surface area contributed by atoms with Crippen molar-refractivity contribution >= 4 is 28.2 Å². The van der Waals surface area contributed by atoms with Crippen LogP contribution in [0.25, 0.3) is 0 Å². The van der Waals surface area contributed by atoms with E-state index < -0.39 is 9.84 Å². The molecule has 1 rings (SSSR count). The number of unbranched alkanes of at least 4 members (excludes halogenated alkanes) is 1. The van der Waals surface area contributed by atoms with E-state index in [9.17, 15) is 13.2 Å². The highest BCUT2D eigenvalue weighted by molar-refractivity contribution is 7.91. The second-order valence-corrected chi connectivity index (χ2v) is 7.31. The number of amides is 1. The van der Waals surface area contributed by atoms with E-state index >= 15 is 0 Å². The van der Waals surface area contributed by atoms with Crippen LogP contribution < -0.4 is 5.73 Å². The molecule has 1 amide bonds.